The van der Waals surface area contributed by atoms with Crippen molar-refractivity contribution in [2.45, 2.75) is 76.6 Å². The van der Waals surface area contributed by atoms with Gasteiger partial charge in [0.1, 0.15) is 0 Å². The third-order valence-electron chi connectivity index (χ3n) is 2.96. The van der Waals surface area contributed by atoms with Crippen LogP contribution in [0.1, 0.15) is 65.2 Å². The minimum Gasteiger partial charge on any atom is -0.393 e. The number of aliphatic hydroxyl groups excluding tert-OH is 1. The second kappa shape index (κ2) is 8.89. The predicted molar refractivity (Wildman–Crippen MR) is 69.6 cm³/mol. The van der Waals surface area contributed by atoms with E-state index in [1.807, 2.05) is 0 Å². The summed E-state index contributed by atoms with van der Waals surface area (Å²) in [5.41, 5.74) is 0. The van der Waals surface area contributed by atoms with E-state index < -0.39 is 21.5 Å². The third kappa shape index (κ3) is 9.56. The van der Waals surface area contributed by atoms with Crippen LogP contribution in [0.4, 0.5) is 0 Å². The zero-order valence-electron chi connectivity index (χ0n) is 10.9. The van der Waals surface area contributed by atoms with Gasteiger partial charge in [-0.3, -0.25) is 4.55 Å². The largest absolute Gasteiger partial charge is 0.393 e. The number of hydrogen-bond donors (Lipinski definition) is 2. The first kappa shape index (κ1) is 16.9. The van der Waals surface area contributed by atoms with Gasteiger partial charge in [0.05, 0.1) is 11.4 Å². The first-order chi connectivity index (χ1) is 7.88. The van der Waals surface area contributed by atoms with E-state index in [1.165, 1.54) is 6.42 Å². The highest BCUT2D eigenvalue weighted by molar-refractivity contribution is 7.86. The highest BCUT2D eigenvalue weighted by Gasteiger charge is 2.22. The van der Waals surface area contributed by atoms with Crippen molar-refractivity contribution in [3.63, 3.8) is 0 Å². The van der Waals surface area contributed by atoms with Crippen LogP contribution in [0.25, 0.3) is 0 Å². The van der Waals surface area contributed by atoms with Crippen molar-refractivity contribution >= 4 is 10.1 Å². The fourth-order valence-corrected chi connectivity index (χ4v) is 2.74. The molecular formula is C12H26O4S. The van der Waals surface area contributed by atoms with E-state index in [0.29, 0.717) is 19.3 Å². The van der Waals surface area contributed by atoms with Crippen LogP contribution in [0.3, 0.4) is 0 Å². The van der Waals surface area contributed by atoms with Crippen molar-refractivity contribution in [1.82, 2.24) is 0 Å². The molecule has 0 aliphatic carbocycles. The number of hydrogen-bond acceptors (Lipinski definition) is 3. The smallest absolute Gasteiger partial charge is 0.267 e. The van der Waals surface area contributed by atoms with E-state index >= 15 is 0 Å². The second-order valence-electron chi connectivity index (χ2n) is 4.77. The van der Waals surface area contributed by atoms with Crippen LogP contribution in [0.2, 0.25) is 0 Å². The molecule has 0 rings (SSSR count). The Balaban J connectivity index is 3.96. The minimum absolute atomic E-state index is 0.338. The van der Waals surface area contributed by atoms with Gasteiger partial charge >= 0.3 is 0 Å². The lowest BCUT2D eigenvalue weighted by molar-refractivity contribution is 0.180. The van der Waals surface area contributed by atoms with E-state index in [4.69, 9.17) is 9.66 Å². The molecule has 0 aliphatic rings. The van der Waals surface area contributed by atoms with Crippen molar-refractivity contribution in [3.05, 3.63) is 0 Å². The van der Waals surface area contributed by atoms with Crippen LogP contribution in [0, 0.1) is 0 Å². The molecule has 0 saturated heterocycles. The summed E-state index contributed by atoms with van der Waals surface area (Å²) in [6.07, 6.45) is 6.01. The highest BCUT2D eigenvalue weighted by Crippen LogP contribution is 2.17. The molecule has 17 heavy (non-hydrogen) atoms. The summed E-state index contributed by atoms with van der Waals surface area (Å²) in [7, 11) is -3.96. The maximum absolute atomic E-state index is 11.1. The minimum atomic E-state index is -3.96. The van der Waals surface area contributed by atoms with Gasteiger partial charge < -0.3 is 5.11 Å². The number of rotatable bonds is 10. The molecule has 0 saturated carbocycles. The lowest BCUT2D eigenvalue weighted by Crippen LogP contribution is -2.22. The van der Waals surface area contributed by atoms with Gasteiger partial charge in [-0.15, -0.1) is 0 Å². The number of unbranched alkanes of at least 4 members (excludes halogenated alkanes) is 4. The van der Waals surface area contributed by atoms with Gasteiger partial charge in [0.2, 0.25) is 0 Å². The van der Waals surface area contributed by atoms with Gasteiger partial charge in [-0.2, -0.15) is 8.42 Å². The summed E-state index contributed by atoms with van der Waals surface area (Å²) >= 11 is 0. The van der Waals surface area contributed by atoms with Gasteiger partial charge in [0.15, 0.2) is 0 Å². The molecule has 0 aliphatic heterocycles. The van der Waals surface area contributed by atoms with E-state index in [2.05, 4.69) is 6.92 Å². The molecule has 0 aromatic rings. The summed E-state index contributed by atoms with van der Waals surface area (Å²) in [5.74, 6) is 0. The van der Waals surface area contributed by atoms with Crippen molar-refractivity contribution in [2.75, 3.05) is 0 Å². The van der Waals surface area contributed by atoms with E-state index in [-0.39, 0.29) is 0 Å². The van der Waals surface area contributed by atoms with E-state index in [1.54, 1.807) is 6.92 Å². The predicted octanol–water partition coefficient (Wildman–Crippen LogP) is 2.76. The summed E-state index contributed by atoms with van der Waals surface area (Å²) in [5, 5.41) is 8.42. The Bertz CT molecular complexity index is 272. The molecule has 104 valence electrons. The average Bonchev–Trinajstić information content (AvgIpc) is 2.19. The fourth-order valence-electron chi connectivity index (χ4n) is 1.84. The standard InChI is InChI=1S/C12H26O4S/c1-3-4-5-6-7-8-12(17(14,15)16)10-9-11(2)13/h11-13H,3-10H2,1-2H3,(H,14,15,16). The van der Waals surface area contributed by atoms with E-state index in [9.17, 15) is 8.42 Å². The SMILES string of the molecule is CCCCCCCC(CCC(C)O)S(=O)(=O)O. The second-order valence-corrected chi connectivity index (χ2v) is 6.46. The zero-order chi connectivity index (χ0) is 13.3. The summed E-state index contributed by atoms with van der Waals surface area (Å²) in [4.78, 5) is 0. The summed E-state index contributed by atoms with van der Waals surface area (Å²) in [6.45, 7) is 3.76. The monoisotopic (exact) mass is 266 g/mol. The highest BCUT2D eigenvalue weighted by atomic mass is 32.2. The van der Waals surface area contributed by atoms with Crippen LogP contribution < -0.4 is 0 Å². The molecular weight excluding hydrogens is 240 g/mol. The summed E-state index contributed by atoms with van der Waals surface area (Å²) in [6, 6.07) is 0. The Morgan fingerprint density at radius 1 is 1.00 bits per heavy atom. The van der Waals surface area contributed by atoms with Crippen LogP contribution in [0.15, 0.2) is 0 Å². The van der Waals surface area contributed by atoms with Crippen LogP contribution >= 0.6 is 0 Å². The number of aliphatic hydroxyl groups is 1. The van der Waals surface area contributed by atoms with Gasteiger partial charge in [-0.05, 0) is 26.2 Å². The molecule has 0 fully saturated rings. The van der Waals surface area contributed by atoms with Crippen LogP contribution in [0.5, 0.6) is 0 Å². The molecule has 5 heteroatoms. The Morgan fingerprint density at radius 2 is 1.59 bits per heavy atom. The maximum atomic E-state index is 11.1. The average molecular weight is 266 g/mol. The zero-order valence-corrected chi connectivity index (χ0v) is 11.7. The normalized spacial score (nSPS) is 15.8. The lowest BCUT2D eigenvalue weighted by atomic mass is 10.1. The molecule has 2 unspecified atom stereocenters. The summed E-state index contributed by atoms with van der Waals surface area (Å²) < 4.78 is 31.4. The molecule has 0 aromatic heterocycles. The van der Waals surface area contributed by atoms with Crippen molar-refractivity contribution in [3.8, 4) is 0 Å². The molecule has 0 heterocycles. The van der Waals surface area contributed by atoms with Gasteiger partial charge in [0.25, 0.3) is 10.1 Å². The quantitative estimate of drug-likeness (QED) is 0.471. The topological polar surface area (TPSA) is 74.6 Å². The first-order valence-electron chi connectivity index (χ1n) is 6.52. The molecule has 0 spiro atoms. The lowest BCUT2D eigenvalue weighted by Gasteiger charge is -2.14. The maximum Gasteiger partial charge on any atom is 0.267 e. The molecule has 2 atom stereocenters. The first-order valence-corrected chi connectivity index (χ1v) is 8.02. The van der Waals surface area contributed by atoms with Gasteiger partial charge in [-0.1, -0.05) is 39.0 Å². The molecule has 0 bridgehead atoms. The fraction of sp³-hybridized carbons (Fsp3) is 1.00. The molecule has 4 nitrogen and oxygen atoms in total. The Morgan fingerprint density at radius 3 is 2.06 bits per heavy atom. The van der Waals surface area contributed by atoms with E-state index in [0.717, 1.165) is 25.7 Å². The van der Waals surface area contributed by atoms with Crippen molar-refractivity contribution < 1.29 is 18.1 Å². The van der Waals surface area contributed by atoms with Crippen LogP contribution in [-0.2, 0) is 10.1 Å². The van der Waals surface area contributed by atoms with Crippen molar-refractivity contribution in [2.24, 2.45) is 0 Å². The van der Waals surface area contributed by atoms with Gasteiger partial charge in [0, 0.05) is 0 Å². The molecule has 0 amide bonds. The third-order valence-corrected chi connectivity index (χ3v) is 4.27. The van der Waals surface area contributed by atoms with Crippen molar-refractivity contribution in [1.29, 1.82) is 0 Å². The molecule has 2 N–H and O–H groups in total. The Hall–Kier alpha value is -0.130. The molecule has 0 radical (unpaired) electrons. The Labute approximate surface area is 105 Å². The Kier molecular flexibility index (Phi) is 8.82. The molecule has 0 aromatic carbocycles. The van der Waals surface area contributed by atoms with Gasteiger partial charge in [-0.25, -0.2) is 0 Å². The van der Waals surface area contributed by atoms with Crippen LogP contribution in [-0.4, -0.2) is 29.4 Å².